The van der Waals surface area contributed by atoms with Crippen molar-refractivity contribution in [3.05, 3.63) is 0 Å². The van der Waals surface area contributed by atoms with Gasteiger partial charge in [-0.15, -0.1) is 0 Å². The summed E-state index contributed by atoms with van der Waals surface area (Å²) in [5, 5.41) is 0. The molecule has 0 aromatic heterocycles. The first-order valence-electron chi connectivity index (χ1n) is 2.25. The molecule has 0 radical (unpaired) electrons. The number of alkyl halides is 2. The number of hydrogen-bond donors (Lipinski definition) is 0. The molecule has 0 saturated carbocycles. The van der Waals surface area contributed by atoms with E-state index in [1.807, 2.05) is 0 Å². The molecule has 0 unspecified atom stereocenters. The van der Waals surface area contributed by atoms with E-state index in [0.29, 0.717) is 0 Å². The van der Waals surface area contributed by atoms with E-state index in [1.165, 1.54) is 6.92 Å². The molecule has 0 atom stereocenters. The topological polar surface area (TPSA) is 17.1 Å². The molecule has 0 amide bonds. The van der Waals surface area contributed by atoms with E-state index in [1.54, 1.807) is 0 Å². The fourth-order valence-corrected chi connectivity index (χ4v) is 1.39. The van der Waals surface area contributed by atoms with E-state index in [9.17, 15) is 13.6 Å². The first kappa shape index (κ1) is 6.53. The van der Waals surface area contributed by atoms with E-state index < -0.39 is 12.2 Å². The second kappa shape index (κ2) is 1.56. The zero-order chi connectivity index (χ0) is 6.78. The Hall–Kier alpha value is -1.47. The molecule has 0 aliphatic rings. The number of carbonyl (C=O) groups is 1. The Morgan fingerprint density at radius 2 is 2.12 bits per heavy atom. The molecule has 0 aliphatic heterocycles. The van der Waals surface area contributed by atoms with Crippen molar-refractivity contribution in [2.24, 2.45) is 0 Å². The van der Waals surface area contributed by atoms with Gasteiger partial charge >= 0.3 is 39.1 Å². The zero-order valence-corrected chi connectivity index (χ0v) is 11.0. The normalized spacial score (nSPS) is 11.6. The number of halogens is 2. The minimum atomic E-state index is -2.92. The van der Waals surface area contributed by atoms with Crippen LogP contribution in [-0.4, -0.2) is 12.2 Å². The van der Waals surface area contributed by atoms with Crippen LogP contribution in [0.5, 0.6) is 0 Å². The van der Waals surface area contributed by atoms with Crippen molar-refractivity contribution in [3.63, 3.8) is 0 Å². The average molecular weight is 374 g/mol. The van der Waals surface area contributed by atoms with E-state index >= 15 is 0 Å². The number of Topliss-reactive ketones (excluding diaryl/α,β-unsaturated/α-hetero) is 1. The predicted octanol–water partition coefficient (Wildman–Crippen LogP) is 1.11. The molecular formula is C4H5F2ORf. The van der Waals surface area contributed by atoms with E-state index in [4.69, 9.17) is 0 Å². The maximum absolute atomic E-state index is 11.9. The monoisotopic (exact) mass is 374 g/mol. The molecule has 1 nitrogen and oxygen atoms in total. The third-order valence-electron chi connectivity index (χ3n) is 0.729. The maximum atomic E-state index is 11.9. The molecular weight excluding hydrogens is 369 g/mol. The molecule has 8 heavy (non-hydrogen) atoms. The molecule has 0 heterocycles. The van der Waals surface area contributed by atoms with E-state index in [-0.39, 0.29) is 6.42 Å². The second-order valence-electron chi connectivity index (χ2n) is 1.48. The van der Waals surface area contributed by atoms with Crippen molar-refractivity contribution in [1.29, 1.82) is 0 Å². The van der Waals surface area contributed by atoms with Gasteiger partial charge in [0.05, 0.1) is 0 Å². The first-order valence-corrected chi connectivity index (χ1v) is 5.45. The van der Waals surface area contributed by atoms with E-state index in [0.717, 1.165) is 0 Å². The van der Waals surface area contributed by atoms with Crippen molar-refractivity contribution in [2.45, 2.75) is 19.8 Å². The quantitative estimate of drug-likeness (QED) is 0.708. The summed E-state index contributed by atoms with van der Waals surface area (Å²) in [5.74, 6) is -0.909. The van der Waals surface area contributed by atoms with Crippen LogP contribution >= 0.6 is 0 Å². The molecule has 0 N–H and O–H groups in total. The molecule has 0 bridgehead atoms. The van der Waals surface area contributed by atoms with Gasteiger partial charge in [-0.3, -0.25) is 0 Å². The molecule has 4 heteroatoms. The number of carbonyl (C=O) groups excluding carboxylic acids is 1. The van der Waals surface area contributed by atoms with Crippen LogP contribution in [0.2, 0.25) is 0 Å². The van der Waals surface area contributed by atoms with Crippen molar-refractivity contribution in [3.8, 4) is 0 Å². The third-order valence-corrected chi connectivity index (χ3v) is 2.51. The molecule has 0 aliphatic carbocycles. The molecule has 0 aromatic carbocycles. The fraction of sp³-hybridized carbons (Fsp3) is 0.750. The second-order valence-corrected chi connectivity index (χ2v) is 5.50. The Labute approximate surface area is 40.3 Å². The summed E-state index contributed by atoms with van der Waals surface area (Å²) in [6, 6.07) is 0. The Bertz CT molecular complexity index is 96.7. The molecule has 0 aromatic rings. The van der Waals surface area contributed by atoms with Crippen LogP contribution in [0.4, 0.5) is 8.78 Å². The summed E-state index contributed by atoms with van der Waals surface area (Å²) in [6.45, 7) is 1.45. The van der Waals surface area contributed by atoms with Crippen LogP contribution in [0.25, 0.3) is 0 Å². The van der Waals surface area contributed by atoms with Crippen molar-refractivity contribution < 1.29 is 13.6 Å². The first-order chi connectivity index (χ1) is 3.48. The predicted molar refractivity (Wildman–Crippen MR) is 20.2 cm³/mol. The molecule has 0 rings (SSSR count). The van der Waals surface area contributed by atoms with Gasteiger partial charge in [-0.25, -0.2) is 0 Å². The minimum absolute atomic E-state index is 0.0415. The number of ketones is 1. The molecule has 0 spiro atoms. The molecule has 43 valence electrons. The van der Waals surface area contributed by atoms with Gasteiger partial charge in [0.1, 0.15) is 0 Å². The molecule has 0 fully saturated rings. The van der Waals surface area contributed by atoms with Crippen molar-refractivity contribution in [2.75, 3.05) is 0 Å². The summed E-state index contributed by atoms with van der Waals surface area (Å²) in [4.78, 5) is 10.1. The fourth-order valence-electron chi connectivity index (χ4n) is 0.259. The number of rotatable bonds is 2. The summed E-state index contributed by atoms with van der Waals surface area (Å²) >= 11 is 0. The van der Waals surface area contributed by atoms with Gasteiger partial charge in [-0.2, -0.15) is 0 Å². The summed E-state index contributed by atoms with van der Waals surface area (Å²) in [6.07, 6.45) is -2.96. The Morgan fingerprint density at radius 1 is 1.75 bits per heavy atom. The SMILES string of the molecule is CCC(=O)[C](F)(F)[Rf]. The molecule has 0 saturated heterocycles. The van der Waals surface area contributed by atoms with Gasteiger partial charge in [0.25, 0.3) is 0 Å². The van der Waals surface area contributed by atoms with Gasteiger partial charge in [0, 0.05) is 0 Å². The van der Waals surface area contributed by atoms with Crippen LogP contribution in [-0.2, 0) is 4.79 Å². The van der Waals surface area contributed by atoms with Gasteiger partial charge in [-0.1, -0.05) is 0 Å². The van der Waals surface area contributed by atoms with Crippen molar-refractivity contribution >= 4 is 5.78 Å². The Morgan fingerprint density at radius 3 is 2.12 bits per heavy atom. The number of hydrogen-bond acceptors (Lipinski definition) is 1. The third kappa shape index (κ3) is 1.32. The average Bonchev–Trinajstić information content (AvgIpc) is 1.62. The van der Waals surface area contributed by atoms with Crippen LogP contribution in [0.15, 0.2) is 0 Å². The Kier molecular flexibility index (Phi) is 1.27. The van der Waals surface area contributed by atoms with Crippen LogP contribution in [0, 0.1) is 0 Å². The van der Waals surface area contributed by atoms with Crippen LogP contribution in [0.1, 0.15) is 13.3 Å². The van der Waals surface area contributed by atoms with Crippen LogP contribution < -0.4 is 0 Å². The standard InChI is InChI=1S/C4H5F2O.Rf/c1-2-3(7)4(5)6;/h2H2,1H3;. The Balaban J connectivity index is 3.82. The summed E-state index contributed by atoms with van der Waals surface area (Å²) in [5.41, 5.74) is 0. The van der Waals surface area contributed by atoms with Gasteiger partial charge in [-0.05, 0) is 0 Å². The van der Waals surface area contributed by atoms with Gasteiger partial charge < -0.3 is 0 Å². The summed E-state index contributed by atoms with van der Waals surface area (Å²) in [7, 11) is 0. The van der Waals surface area contributed by atoms with Gasteiger partial charge in [0.15, 0.2) is 0 Å². The van der Waals surface area contributed by atoms with Crippen molar-refractivity contribution in [1.82, 2.24) is 0 Å². The van der Waals surface area contributed by atoms with E-state index in [2.05, 4.69) is 0 Å². The van der Waals surface area contributed by atoms with Gasteiger partial charge in [0.2, 0.25) is 0 Å². The summed E-state index contributed by atoms with van der Waals surface area (Å²) < 4.78 is 22.9. The zero-order valence-electron chi connectivity index (χ0n) is 4.58. The van der Waals surface area contributed by atoms with Crippen LogP contribution in [0.3, 0.4) is 0 Å².